The molecule has 0 aliphatic rings. The van der Waals surface area contributed by atoms with Crippen molar-refractivity contribution in [2.24, 2.45) is 0 Å². The highest BCUT2D eigenvalue weighted by atomic mass is 32.2. The van der Waals surface area contributed by atoms with Crippen LogP contribution in [0.2, 0.25) is 0 Å². The molecule has 0 unspecified atom stereocenters. The van der Waals surface area contributed by atoms with Crippen molar-refractivity contribution in [3.8, 4) is 5.69 Å². The van der Waals surface area contributed by atoms with Crippen LogP contribution >= 0.6 is 11.8 Å². The molecule has 31 heavy (non-hydrogen) atoms. The normalized spacial score (nSPS) is 11.1. The van der Waals surface area contributed by atoms with Crippen molar-refractivity contribution in [3.05, 3.63) is 113 Å². The summed E-state index contributed by atoms with van der Waals surface area (Å²) in [6, 6.07) is 27.6. The minimum absolute atomic E-state index is 0.0910. The summed E-state index contributed by atoms with van der Waals surface area (Å²) in [6.07, 6.45) is 1.57. The van der Waals surface area contributed by atoms with Gasteiger partial charge in [-0.2, -0.15) is 0 Å². The van der Waals surface area contributed by atoms with E-state index in [0.29, 0.717) is 16.7 Å². The molecule has 0 spiro atoms. The smallest absolute Gasteiger partial charge is 0.261 e. The Labute approximate surface area is 183 Å². The van der Waals surface area contributed by atoms with Gasteiger partial charge in [0.25, 0.3) is 5.56 Å². The highest BCUT2D eigenvalue weighted by Crippen LogP contribution is 2.25. The Morgan fingerprint density at radius 2 is 1.52 bits per heavy atom. The van der Waals surface area contributed by atoms with Crippen LogP contribution in [-0.4, -0.2) is 24.3 Å². The molecule has 0 fully saturated rings. The summed E-state index contributed by atoms with van der Waals surface area (Å²) in [4.78, 5) is 17.4. The van der Waals surface area contributed by atoms with E-state index in [0.717, 1.165) is 16.6 Å². The van der Waals surface area contributed by atoms with Gasteiger partial charge in [-0.3, -0.25) is 13.9 Å². The number of thioether (sulfide) groups is 1. The minimum atomic E-state index is -0.0910. The molecule has 0 atom stereocenters. The van der Waals surface area contributed by atoms with Crippen LogP contribution in [-0.2, 0) is 12.3 Å². The van der Waals surface area contributed by atoms with Crippen LogP contribution in [0.4, 0.5) is 0 Å². The molecule has 3 aromatic carbocycles. The Balaban J connectivity index is 1.52. The second-order valence-electron chi connectivity index (χ2n) is 7.04. The summed E-state index contributed by atoms with van der Waals surface area (Å²) < 4.78 is 3.59. The third-order valence-corrected chi connectivity index (χ3v) is 5.97. The third kappa shape index (κ3) is 4.00. The number of aromatic nitrogens is 5. The minimum Gasteiger partial charge on any atom is -0.291 e. The first kappa shape index (κ1) is 19.3. The van der Waals surface area contributed by atoms with Gasteiger partial charge in [0, 0.05) is 11.4 Å². The van der Waals surface area contributed by atoms with Gasteiger partial charge < -0.3 is 0 Å². The maximum Gasteiger partial charge on any atom is 0.261 e. The topological polar surface area (TPSA) is 65.6 Å². The van der Waals surface area contributed by atoms with Crippen LogP contribution in [0.1, 0.15) is 11.4 Å². The Hall–Kier alpha value is -3.71. The number of hydrogen-bond acceptors (Lipinski definition) is 5. The predicted octanol–water partition coefficient (Wildman–Crippen LogP) is 4.32. The second-order valence-corrected chi connectivity index (χ2v) is 7.98. The summed E-state index contributed by atoms with van der Waals surface area (Å²) in [5.41, 5.74) is 2.77. The van der Waals surface area contributed by atoms with Gasteiger partial charge in [0.15, 0.2) is 11.0 Å². The maximum absolute atomic E-state index is 13.0. The Kier molecular flexibility index (Phi) is 5.33. The molecule has 0 amide bonds. The summed E-state index contributed by atoms with van der Waals surface area (Å²) in [5.74, 6) is 1.46. The van der Waals surface area contributed by atoms with Gasteiger partial charge in [-0.15, -0.1) is 10.2 Å². The maximum atomic E-state index is 13.0. The zero-order valence-corrected chi connectivity index (χ0v) is 17.4. The van der Waals surface area contributed by atoms with Crippen molar-refractivity contribution in [2.75, 3.05) is 0 Å². The molecule has 0 saturated carbocycles. The number of para-hydroxylation sites is 2. The quantitative estimate of drug-likeness (QED) is 0.379. The van der Waals surface area contributed by atoms with E-state index in [4.69, 9.17) is 0 Å². The molecule has 0 N–H and O–H groups in total. The van der Waals surface area contributed by atoms with Gasteiger partial charge in [0.05, 0.1) is 23.8 Å². The van der Waals surface area contributed by atoms with E-state index >= 15 is 0 Å². The Morgan fingerprint density at radius 3 is 2.32 bits per heavy atom. The largest absolute Gasteiger partial charge is 0.291 e. The van der Waals surface area contributed by atoms with E-state index in [2.05, 4.69) is 27.3 Å². The summed E-state index contributed by atoms with van der Waals surface area (Å²) in [7, 11) is 0. The SMILES string of the molecule is O=c1c2ccccc2ncn1Cc1nnc(SCc2ccccc2)n1-c1ccccc1. The van der Waals surface area contributed by atoms with Gasteiger partial charge in [-0.05, 0) is 29.8 Å². The highest BCUT2D eigenvalue weighted by Gasteiger charge is 2.16. The van der Waals surface area contributed by atoms with Crippen molar-refractivity contribution < 1.29 is 0 Å². The van der Waals surface area contributed by atoms with Crippen LogP contribution in [0, 0.1) is 0 Å². The highest BCUT2D eigenvalue weighted by molar-refractivity contribution is 7.98. The van der Waals surface area contributed by atoms with Gasteiger partial charge in [-0.1, -0.05) is 72.4 Å². The fraction of sp³-hybridized carbons (Fsp3) is 0.0833. The number of rotatable bonds is 6. The zero-order valence-electron chi connectivity index (χ0n) is 16.6. The molecule has 0 aliphatic carbocycles. The molecule has 5 aromatic rings. The number of fused-ring (bicyclic) bond motifs is 1. The van der Waals surface area contributed by atoms with Crippen LogP contribution in [0.25, 0.3) is 16.6 Å². The fourth-order valence-corrected chi connectivity index (χ4v) is 4.35. The van der Waals surface area contributed by atoms with E-state index in [1.807, 2.05) is 71.3 Å². The van der Waals surface area contributed by atoms with Crippen LogP contribution in [0.15, 0.2) is 101 Å². The molecule has 7 heteroatoms. The summed E-state index contributed by atoms with van der Waals surface area (Å²) in [5, 5.41) is 10.2. The van der Waals surface area contributed by atoms with Gasteiger partial charge >= 0.3 is 0 Å². The van der Waals surface area contributed by atoms with E-state index in [-0.39, 0.29) is 12.1 Å². The van der Waals surface area contributed by atoms with E-state index in [9.17, 15) is 4.79 Å². The van der Waals surface area contributed by atoms with Crippen LogP contribution in [0.3, 0.4) is 0 Å². The molecular formula is C24H19N5OS. The van der Waals surface area contributed by atoms with E-state index < -0.39 is 0 Å². The molecule has 0 saturated heterocycles. The lowest BCUT2D eigenvalue weighted by atomic mass is 10.2. The van der Waals surface area contributed by atoms with Crippen LogP contribution in [0.5, 0.6) is 0 Å². The monoisotopic (exact) mass is 425 g/mol. The lowest BCUT2D eigenvalue weighted by molar-refractivity contribution is 0.685. The Bertz CT molecular complexity index is 1380. The molecule has 6 nitrogen and oxygen atoms in total. The second kappa shape index (κ2) is 8.57. The van der Waals surface area contributed by atoms with Crippen molar-refractivity contribution in [3.63, 3.8) is 0 Å². The van der Waals surface area contributed by atoms with Crippen molar-refractivity contribution >= 4 is 22.7 Å². The van der Waals surface area contributed by atoms with Crippen molar-refractivity contribution in [1.82, 2.24) is 24.3 Å². The van der Waals surface area contributed by atoms with E-state index in [1.54, 1.807) is 28.7 Å². The average molecular weight is 426 g/mol. The number of hydrogen-bond donors (Lipinski definition) is 0. The molecule has 2 aromatic heterocycles. The molecule has 2 heterocycles. The van der Waals surface area contributed by atoms with Gasteiger partial charge in [0.2, 0.25) is 0 Å². The van der Waals surface area contributed by atoms with Crippen LogP contribution < -0.4 is 5.56 Å². The first-order chi connectivity index (χ1) is 15.3. The molecule has 0 radical (unpaired) electrons. The number of benzene rings is 3. The van der Waals surface area contributed by atoms with E-state index in [1.165, 1.54) is 5.56 Å². The predicted molar refractivity (Wildman–Crippen MR) is 122 cm³/mol. The molecule has 0 bridgehead atoms. The first-order valence-corrected chi connectivity index (χ1v) is 10.9. The summed E-state index contributed by atoms with van der Waals surface area (Å²) in [6.45, 7) is 0.282. The molecule has 0 aliphatic heterocycles. The molecular weight excluding hydrogens is 406 g/mol. The van der Waals surface area contributed by atoms with Gasteiger partial charge in [0.1, 0.15) is 0 Å². The lowest BCUT2D eigenvalue weighted by Crippen LogP contribution is -2.22. The molecule has 5 rings (SSSR count). The lowest BCUT2D eigenvalue weighted by Gasteiger charge is -2.11. The third-order valence-electron chi connectivity index (χ3n) is 4.97. The first-order valence-electron chi connectivity index (χ1n) is 9.90. The summed E-state index contributed by atoms with van der Waals surface area (Å²) >= 11 is 1.62. The standard InChI is InChI=1S/C24H19N5OS/c30-23-20-13-7-8-14-21(20)25-17-28(23)15-22-26-27-24(29(22)19-11-5-2-6-12-19)31-16-18-9-3-1-4-10-18/h1-14,17H,15-16H2. The molecule has 152 valence electrons. The van der Waals surface area contributed by atoms with Gasteiger partial charge in [-0.25, -0.2) is 4.98 Å². The van der Waals surface area contributed by atoms with Crippen molar-refractivity contribution in [1.29, 1.82) is 0 Å². The Morgan fingerprint density at radius 1 is 0.806 bits per heavy atom. The van der Waals surface area contributed by atoms with Crippen molar-refractivity contribution in [2.45, 2.75) is 17.5 Å². The number of nitrogens with zero attached hydrogens (tertiary/aromatic N) is 5. The fourth-order valence-electron chi connectivity index (χ4n) is 3.43. The zero-order chi connectivity index (χ0) is 21.0. The average Bonchev–Trinajstić information content (AvgIpc) is 3.23.